The molecule has 0 spiro atoms. The van der Waals surface area contributed by atoms with Crippen LogP contribution in [0.25, 0.3) is 0 Å². The summed E-state index contributed by atoms with van der Waals surface area (Å²) in [6.07, 6.45) is -0.406. The van der Waals surface area contributed by atoms with Crippen molar-refractivity contribution in [1.82, 2.24) is 10.4 Å². The molecule has 0 bridgehead atoms. The van der Waals surface area contributed by atoms with Crippen LogP contribution in [0.3, 0.4) is 0 Å². The molecule has 0 saturated carbocycles. The van der Waals surface area contributed by atoms with Crippen LogP contribution in [0.2, 0.25) is 0 Å². The smallest absolute Gasteiger partial charge is 0.350 e. The molecule has 1 aliphatic heterocycles. The number of halogens is 1. The standard InChI is InChI=1S/C15H23ClN2O8S/c1-14(2,8-15(3,4)17-9(19)7-16)12(27(23,24)25)13(22)26-18-10(20)5-6-11(18)21/h12H,5-8H2,1-4H3,(H,17,19)(H,23,24,25). The van der Waals surface area contributed by atoms with E-state index in [0.717, 1.165) is 0 Å². The van der Waals surface area contributed by atoms with Gasteiger partial charge < -0.3 is 10.2 Å². The summed E-state index contributed by atoms with van der Waals surface area (Å²) in [4.78, 5) is 51.8. The Labute approximate surface area is 162 Å². The van der Waals surface area contributed by atoms with E-state index in [1.54, 1.807) is 13.8 Å². The van der Waals surface area contributed by atoms with Crippen molar-refractivity contribution in [2.75, 3.05) is 5.88 Å². The number of carbonyl (C=O) groups is 4. The first-order valence-corrected chi connectivity index (χ1v) is 10.1. The SMILES string of the molecule is CC(C)(CC(C)(C)C(C(=O)ON1C(=O)CCC1=O)S(=O)(=O)O)NC(=O)CCl. The average molecular weight is 427 g/mol. The first-order chi connectivity index (χ1) is 12.1. The molecule has 0 aromatic heterocycles. The predicted molar refractivity (Wildman–Crippen MR) is 93.9 cm³/mol. The maximum absolute atomic E-state index is 12.4. The Morgan fingerprint density at radius 3 is 2.11 bits per heavy atom. The molecule has 12 heteroatoms. The van der Waals surface area contributed by atoms with Crippen LogP contribution in [0.1, 0.15) is 47.0 Å². The van der Waals surface area contributed by atoms with Crippen molar-refractivity contribution in [3.8, 4) is 0 Å². The summed E-state index contributed by atoms with van der Waals surface area (Å²) in [6, 6.07) is 0. The lowest BCUT2D eigenvalue weighted by Crippen LogP contribution is -2.53. The van der Waals surface area contributed by atoms with Crippen molar-refractivity contribution in [3.05, 3.63) is 0 Å². The van der Waals surface area contributed by atoms with Gasteiger partial charge in [-0.2, -0.15) is 8.42 Å². The van der Waals surface area contributed by atoms with E-state index >= 15 is 0 Å². The van der Waals surface area contributed by atoms with E-state index in [4.69, 9.17) is 11.6 Å². The van der Waals surface area contributed by atoms with Crippen LogP contribution < -0.4 is 5.32 Å². The van der Waals surface area contributed by atoms with Gasteiger partial charge in [0, 0.05) is 18.4 Å². The molecule has 1 unspecified atom stereocenters. The Hall–Kier alpha value is -1.72. The fourth-order valence-electron chi connectivity index (χ4n) is 3.33. The van der Waals surface area contributed by atoms with E-state index in [0.29, 0.717) is 0 Å². The second-order valence-corrected chi connectivity index (χ2v) is 9.39. The van der Waals surface area contributed by atoms with Crippen LogP contribution in [-0.2, 0) is 34.1 Å². The fraction of sp³-hybridized carbons (Fsp3) is 0.733. The maximum Gasteiger partial charge on any atom is 0.354 e. The summed E-state index contributed by atoms with van der Waals surface area (Å²) < 4.78 is 33.3. The molecule has 27 heavy (non-hydrogen) atoms. The summed E-state index contributed by atoms with van der Waals surface area (Å²) in [7, 11) is -4.97. The van der Waals surface area contributed by atoms with Gasteiger partial charge in [-0.25, -0.2) is 4.79 Å². The molecule has 3 amide bonds. The lowest BCUT2D eigenvalue weighted by Gasteiger charge is -2.38. The quantitative estimate of drug-likeness (QED) is 0.322. The molecular weight excluding hydrogens is 404 g/mol. The van der Waals surface area contributed by atoms with E-state index in [1.165, 1.54) is 13.8 Å². The van der Waals surface area contributed by atoms with Gasteiger partial charge in [0.05, 0.1) is 0 Å². The van der Waals surface area contributed by atoms with Gasteiger partial charge in [0.1, 0.15) is 5.88 Å². The number of nitrogens with one attached hydrogen (secondary N) is 1. The zero-order valence-corrected chi connectivity index (χ0v) is 17.0. The van der Waals surface area contributed by atoms with Gasteiger partial charge in [0.2, 0.25) is 5.91 Å². The lowest BCUT2D eigenvalue weighted by molar-refractivity contribution is -0.198. The number of hydrogen-bond donors (Lipinski definition) is 2. The lowest BCUT2D eigenvalue weighted by atomic mass is 9.77. The van der Waals surface area contributed by atoms with E-state index in [-0.39, 0.29) is 30.2 Å². The van der Waals surface area contributed by atoms with Crippen molar-refractivity contribution >= 4 is 45.4 Å². The minimum Gasteiger partial charge on any atom is -0.350 e. The Kier molecular flexibility index (Phi) is 7.00. The molecule has 1 atom stereocenters. The molecule has 1 saturated heterocycles. The van der Waals surface area contributed by atoms with Crippen LogP contribution >= 0.6 is 11.6 Å². The third-order valence-corrected chi connectivity index (χ3v) is 5.57. The molecular formula is C15H23ClN2O8S. The van der Waals surface area contributed by atoms with Crippen molar-refractivity contribution in [1.29, 1.82) is 0 Å². The Morgan fingerprint density at radius 1 is 1.22 bits per heavy atom. The summed E-state index contributed by atoms with van der Waals surface area (Å²) in [6.45, 7) is 5.90. The molecule has 154 valence electrons. The zero-order valence-electron chi connectivity index (χ0n) is 15.4. The van der Waals surface area contributed by atoms with Crippen LogP contribution in [-0.4, -0.2) is 58.4 Å². The van der Waals surface area contributed by atoms with E-state index in [9.17, 15) is 32.1 Å². The Balaban J connectivity index is 3.11. The topological polar surface area (TPSA) is 147 Å². The first-order valence-electron chi connectivity index (χ1n) is 8.01. The minimum atomic E-state index is -4.97. The van der Waals surface area contributed by atoms with Gasteiger partial charge in [0.15, 0.2) is 5.25 Å². The second kappa shape index (κ2) is 8.11. The highest BCUT2D eigenvalue weighted by Gasteiger charge is 2.50. The van der Waals surface area contributed by atoms with Crippen molar-refractivity contribution in [2.24, 2.45) is 5.41 Å². The zero-order chi connectivity index (χ0) is 21.2. The fourth-order valence-corrected chi connectivity index (χ4v) is 4.57. The van der Waals surface area contributed by atoms with Crippen LogP contribution in [0, 0.1) is 5.41 Å². The van der Waals surface area contributed by atoms with E-state index < -0.39 is 50.0 Å². The largest absolute Gasteiger partial charge is 0.354 e. The highest BCUT2D eigenvalue weighted by Crippen LogP contribution is 2.36. The summed E-state index contributed by atoms with van der Waals surface area (Å²) in [5.41, 5.74) is -2.43. The van der Waals surface area contributed by atoms with Gasteiger partial charge in [-0.05, 0) is 25.7 Å². The molecule has 2 N–H and O–H groups in total. The molecule has 0 aromatic carbocycles. The third-order valence-electron chi connectivity index (χ3n) is 3.91. The summed E-state index contributed by atoms with van der Waals surface area (Å²) >= 11 is 5.45. The molecule has 0 radical (unpaired) electrons. The third kappa shape index (κ3) is 6.15. The van der Waals surface area contributed by atoms with Gasteiger partial charge >= 0.3 is 5.97 Å². The number of hydrogen-bond acceptors (Lipinski definition) is 7. The second-order valence-electron chi connectivity index (χ2n) is 7.62. The number of amides is 3. The molecule has 1 heterocycles. The minimum absolute atomic E-state index is 0.0793. The number of imide groups is 1. The molecule has 10 nitrogen and oxygen atoms in total. The van der Waals surface area contributed by atoms with Crippen LogP contribution in [0.4, 0.5) is 0 Å². The van der Waals surface area contributed by atoms with Crippen LogP contribution in [0.5, 0.6) is 0 Å². The van der Waals surface area contributed by atoms with Gasteiger partial charge in [-0.15, -0.1) is 16.7 Å². The Morgan fingerprint density at radius 2 is 1.70 bits per heavy atom. The normalized spacial score (nSPS) is 17.0. The predicted octanol–water partition coefficient (Wildman–Crippen LogP) is 0.400. The van der Waals surface area contributed by atoms with Gasteiger partial charge in [-0.3, -0.25) is 18.9 Å². The van der Waals surface area contributed by atoms with Crippen molar-refractivity contribution < 1.29 is 37.0 Å². The highest BCUT2D eigenvalue weighted by molar-refractivity contribution is 7.87. The van der Waals surface area contributed by atoms with E-state index in [1.807, 2.05) is 0 Å². The summed E-state index contributed by atoms with van der Waals surface area (Å²) in [5.74, 6) is -3.85. The molecule has 0 aliphatic carbocycles. The Bertz CT molecular complexity index is 731. The van der Waals surface area contributed by atoms with Gasteiger partial charge in [-0.1, -0.05) is 13.8 Å². The number of nitrogens with zero attached hydrogens (tertiary/aromatic N) is 1. The highest BCUT2D eigenvalue weighted by atomic mass is 35.5. The van der Waals surface area contributed by atoms with Crippen molar-refractivity contribution in [3.63, 3.8) is 0 Å². The number of alkyl halides is 1. The van der Waals surface area contributed by atoms with Crippen molar-refractivity contribution in [2.45, 2.75) is 57.7 Å². The van der Waals surface area contributed by atoms with Gasteiger partial charge in [0.25, 0.3) is 21.9 Å². The average Bonchev–Trinajstić information content (AvgIpc) is 2.75. The van der Waals surface area contributed by atoms with Crippen LogP contribution in [0.15, 0.2) is 0 Å². The number of rotatable bonds is 8. The van der Waals surface area contributed by atoms with E-state index in [2.05, 4.69) is 10.2 Å². The molecule has 1 rings (SSSR count). The summed E-state index contributed by atoms with van der Waals surface area (Å²) in [5, 5.41) is 0.683. The monoisotopic (exact) mass is 426 g/mol. The number of carbonyl (C=O) groups excluding carboxylic acids is 4. The molecule has 1 aliphatic rings. The number of hydroxylamine groups is 2. The molecule has 0 aromatic rings. The first kappa shape index (κ1) is 23.3. The maximum atomic E-state index is 12.4. The molecule has 1 fully saturated rings.